The van der Waals surface area contributed by atoms with Crippen LogP contribution in [-0.2, 0) is 16.0 Å². The first-order valence-electron chi connectivity index (χ1n) is 13.3. The number of rotatable bonds is 20. The van der Waals surface area contributed by atoms with E-state index in [1.165, 1.54) is 91.1 Å². The van der Waals surface area contributed by atoms with Crippen molar-refractivity contribution in [2.24, 2.45) is 0 Å². The summed E-state index contributed by atoms with van der Waals surface area (Å²) in [6.07, 6.45) is 22.9. The summed E-state index contributed by atoms with van der Waals surface area (Å²) in [5, 5.41) is 2.99. The van der Waals surface area contributed by atoms with Gasteiger partial charge in [0.15, 0.2) is 11.5 Å². The normalized spacial score (nSPS) is 11.0. The molecule has 1 amide bonds. The summed E-state index contributed by atoms with van der Waals surface area (Å²) in [5.74, 6) is 0.409. The molecule has 0 atom stereocenters. The number of hydrogen-bond donors (Lipinski definition) is 1. The molecule has 0 spiro atoms. The second-order valence-electron chi connectivity index (χ2n) is 9.04. The summed E-state index contributed by atoms with van der Waals surface area (Å²) in [6.45, 7) is 4.32. The number of carbonyl (C=O) groups excluding carboxylic acids is 2. The maximum atomic E-state index is 12.2. The Morgan fingerprint density at radius 2 is 1.41 bits per heavy atom. The van der Waals surface area contributed by atoms with Crippen LogP contribution in [0.4, 0.5) is 0 Å². The number of carbonyl (C=O) groups is 2. The van der Waals surface area contributed by atoms with Crippen molar-refractivity contribution in [1.82, 2.24) is 5.32 Å². The van der Waals surface area contributed by atoms with Gasteiger partial charge in [0.2, 0.25) is 5.91 Å². The van der Waals surface area contributed by atoms with Crippen LogP contribution in [0.2, 0.25) is 0 Å². The fourth-order valence-electron chi connectivity index (χ4n) is 3.91. The van der Waals surface area contributed by atoms with Gasteiger partial charge >= 0.3 is 5.97 Å². The molecule has 5 nitrogen and oxygen atoms in total. The van der Waals surface area contributed by atoms with Crippen LogP contribution in [0.5, 0.6) is 11.5 Å². The predicted molar refractivity (Wildman–Crippen MR) is 140 cm³/mol. The van der Waals surface area contributed by atoms with Crippen molar-refractivity contribution in [2.45, 2.75) is 110 Å². The van der Waals surface area contributed by atoms with Crippen LogP contribution >= 0.6 is 0 Å². The Morgan fingerprint density at radius 1 is 0.824 bits per heavy atom. The van der Waals surface area contributed by atoms with E-state index in [1.54, 1.807) is 18.2 Å². The SMILES string of the molecule is CCCCCCCC/C=C\CCCCCCCCNC(=O)Cc1ccc(OC(C)=O)c(OC)c1. The second kappa shape index (κ2) is 20.1. The van der Waals surface area contributed by atoms with E-state index < -0.39 is 5.97 Å². The average molecular weight is 474 g/mol. The summed E-state index contributed by atoms with van der Waals surface area (Å²) >= 11 is 0. The molecule has 0 bridgehead atoms. The molecule has 5 heteroatoms. The predicted octanol–water partition coefficient (Wildman–Crippen LogP) is 7.32. The summed E-state index contributed by atoms with van der Waals surface area (Å²) in [7, 11) is 1.51. The molecule has 1 N–H and O–H groups in total. The maximum absolute atomic E-state index is 12.2. The third kappa shape index (κ3) is 15.5. The number of methoxy groups -OCH3 is 1. The average Bonchev–Trinajstić information content (AvgIpc) is 2.81. The minimum atomic E-state index is -0.403. The first kappa shape index (κ1) is 29.7. The quantitative estimate of drug-likeness (QED) is 0.0932. The Hall–Kier alpha value is -2.30. The fourth-order valence-corrected chi connectivity index (χ4v) is 3.91. The first-order valence-corrected chi connectivity index (χ1v) is 13.3. The molecule has 0 fully saturated rings. The van der Waals surface area contributed by atoms with Gasteiger partial charge in [-0.15, -0.1) is 0 Å². The number of allylic oxidation sites excluding steroid dienone is 2. The fraction of sp³-hybridized carbons (Fsp3) is 0.655. The number of esters is 1. The van der Waals surface area contributed by atoms with Gasteiger partial charge in [-0.2, -0.15) is 0 Å². The van der Waals surface area contributed by atoms with E-state index in [9.17, 15) is 9.59 Å². The van der Waals surface area contributed by atoms with Crippen LogP contribution in [0.25, 0.3) is 0 Å². The maximum Gasteiger partial charge on any atom is 0.308 e. The molecule has 192 valence electrons. The highest BCUT2D eigenvalue weighted by atomic mass is 16.6. The van der Waals surface area contributed by atoms with Crippen molar-refractivity contribution in [3.63, 3.8) is 0 Å². The van der Waals surface area contributed by atoms with E-state index in [0.717, 1.165) is 18.4 Å². The zero-order valence-electron chi connectivity index (χ0n) is 21.8. The lowest BCUT2D eigenvalue weighted by Crippen LogP contribution is -2.26. The van der Waals surface area contributed by atoms with Gasteiger partial charge in [-0.1, -0.05) is 82.9 Å². The number of hydrogen-bond acceptors (Lipinski definition) is 4. The van der Waals surface area contributed by atoms with E-state index >= 15 is 0 Å². The lowest BCUT2D eigenvalue weighted by atomic mass is 10.1. The number of benzene rings is 1. The standard InChI is InChI=1S/C29H47NO4/c1-4-5-6-7-8-9-10-11-12-13-14-15-16-17-18-19-22-30-29(32)24-26-20-21-27(34-25(2)31)28(23-26)33-3/h11-12,20-21,23H,4-10,13-19,22,24H2,1-3H3,(H,30,32)/b12-11-. The lowest BCUT2D eigenvalue weighted by Gasteiger charge is -2.10. The van der Waals surface area contributed by atoms with E-state index in [4.69, 9.17) is 9.47 Å². The van der Waals surface area contributed by atoms with Gasteiger partial charge in [-0.05, 0) is 49.8 Å². The molecule has 0 aliphatic rings. The molecular weight excluding hydrogens is 426 g/mol. The third-order valence-corrected chi connectivity index (χ3v) is 5.86. The zero-order valence-corrected chi connectivity index (χ0v) is 21.8. The van der Waals surface area contributed by atoms with Crippen molar-refractivity contribution >= 4 is 11.9 Å². The second-order valence-corrected chi connectivity index (χ2v) is 9.04. The highest BCUT2D eigenvalue weighted by Crippen LogP contribution is 2.28. The molecule has 0 aliphatic heterocycles. The van der Waals surface area contributed by atoms with E-state index in [1.807, 2.05) is 0 Å². The largest absolute Gasteiger partial charge is 0.493 e. The van der Waals surface area contributed by atoms with Crippen LogP contribution in [0.3, 0.4) is 0 Å². The van der Waals surface area contributed by atoms with Gasteiger partial charge in [0.25, 0.3) is 0 Å². The number of amides is 1. The van der Waals surface area contributed by atoms with Crippen LogP contribution in [0.1, 0.15) is 109 Å². The first-order chi connectivity index (χ1) is 16.6. The van der Waals surface area contributed by atoms with Crippen LogP contribution in [-0.4, -0.2) is 25.5 Å². The van der Waals surface area contributed by atoms with Crippen molar-refractivity contribution in [1.29, 1.82) is 0 Å². The molecule has 1 aromatic rings. The van der Waals surface area contributed by atoms with Crippen LogP contribution in [0, 0.1) is 0 Å². The monoisotopic (exact) mass is 473 g/mol. The number of unbranched alkanes of at least 4 members (excludes halogenated alkanes) is 12. The minimum absolute atomic E-state index is 0.00460. The number of nitrogens with one attached hydrogen (secondary N) is 1. The molecule has 0 unspecified atom stereocenters. The van der Waals surface area contributed by atoms with Gasteiger partial charge < -0.3 is 14.8 Å². The van der Waals surface area contributed by atoms with Crippen molar-refractivity contribution in [3.05, 3.63) is 35.9 Å². The molecule has 0 heterocycles. The molecule has 1 rings (SSSR count). The Kier molecular flexibility index (Phi) is 17.6. The third-order valence-electron chi connectivity index (χ3n) is 5.86. The molecule has 34 heavy (non-hydrogen) atoms. The topological polar surface area (TPSA) is 64.6 Å². The molecule has 0 radical (unpaired) electrons. The Balaban J connectivity index is 2.00. The summed E-state index contributed by atoms with van der Waals surface area (Å²) in [5.41, 5.74) is 0.825. The molecular formula is C29H47NO4. The van der Waals surface area contributed by atoms with Gasteiger partial charge in [-0.25, -0.2) is 0 Å². The van der Waals surface area contributed by atoms with Gasteiger partial charge in [0.05, 0.1) is 13.5 Å². The smallest absolute Gasteiger partial charge is 0.308 e. The minimum Gasteiger partial charge on any atom is -0.493 e. The zero-order chi connectivity index (χ0) is 24.9. The van der Waals surface area contributed by atoms with Gasteiger partial charge in [0.1, 0.15) is 0 Å². The van der Waals surface area contributed by atoms with Gasteiger partial charge in [0, 0.05) is 13.5 Å². The summed E-state index contributed by atoms with van der Waals surface area (Å²) in [6, 6.07) is 5.18. The molecule has 0 aliphatic carbocycles. The van der Waals surface area contributed by atoms with Gasteiger partial charge in [-0.3, -0.25) is 9.59 Å². The Labute approximate surface area is 207 Å². The molecule has 0 saturated heterocycles. The Bertz CT molecular complexity index is 714. The molecule has 1 aromatic carbocycles. The van der Waals surface area contributed by atoms with Crippen LogP contribution in [0.15, 0.2) is 30.4 Å². The lowest BCUT2D eigenvalue weighted by molar-refractivity contribution is -0.132. The number of ether oxygens (including phenoxy) is 2. The van der Waals surface area contributed by atoms with Crippen molar-refractivity contribution < 1.29 is 19.1 Å². The highest BCUT2D eigenvalue weighted by Gasteiger charge is 2.10. The van der Waals surface area contributed by atoms with Crippen molar-refractivity contribution in [3.8, 4) is 11.5 Å². The van der Waals surface area contributed by atoms with E-state index in [2.05, 4.69) is 24.4 Å². The summed E-state index contributed by atoms with van der Waals surface area (Å²) in [4.78, 5) is 23.3. The highest BCUT2D eigenvalue weighted by molar-refractivity contribution is 5.79. The Morgan fingerprint density at radius 3 is 2.00 bits per heavy atom. The van der Waals surface area contributed by atoms with Crippen LogP contribution < -0.4 is 14.8 Å². The summed E-state index contributed by atoms with van der Waals surface area (Å²) < 4.78 is 10.3. The van der Waals surface area contributed by atoms with E-state index in [0.29, 0.717) is 18.0 Å². The molecule has 0 aromatic heterocycles. The van der Waals surface area contributed by atoms with Crippen molar-refractivity contribution in [2.75, 3.05) is 13.7 Å². The molecule has 0 saturated carbocycles. The van der Waals surface area contributed by atoms with E-state index in [-0.39, 0.29) is 12.3 Å².